The standard InChI is InChI=1S/C20H31N5S2.HI/c1-4-21-20(23-12-19-24-15(2)16(3)27-19)22-11-17-7-5-9-25(13-17)14-18-8-6-10-26-18;/h6,8,10,17H,4-5,7,9,11-14H2,1-3H3,(H2,21,22,23);1H. The topological polar surface area (TPSA) is 52.6 Å². The Hall–Kier alpha value is -0.710. The first-order valence-corrected chi connectivity index (χ1v) is 11.5. The van der Waals surface area contributed by atoms with Gasteiger partial charge in [-0.3, -0.25) is 4.90 Å². The smallest absolute Gasteiger partial charge is 0.191 e. The predicted octanol–water partition coefficient (Wildman–Crippen LogP) is 4.41. The van der Waals surface area contributed by atoms with Gasteiger partial charge in [0.05, 0.1) is 12.2 Å². The van der Waals surface area contributed by atoms with Gasteiger partial charge in [-0.2, -0.15) is 0 Å². The van der Waals surface area contributed by atoms with Gasteiger partial charge in [0.15, 0.2) is 5.96 Å². The minimum Gasteiger partial charge on any atom is -0.357 e. The van der Waals surface area contributed by atoms with Crippen molar-refractivity contribution in [3.8, 4) is 0 Å². The molecule has 5 nitrogen and oxygen atoms in total. The fraction of sp³-hybridized carbons (Fsp3) is 0.600. The molecule has 1 atom stereocenters. The van der Waals surface area contributed by atoms with Crippen LogP contribution in [0, 0.1) is 19.8 Å². The van der Waals surface area contributed by atoms with Gasteiger partial charge in [-0.05, 0) is 57.5 Å². The monoisotopic (exact) mass is 533 g/mol. The van der Waals surface area contributed by atoms with E-state index >= 15 is 0 Å². The minimum absolute atomic E-state index is 0. The highest BCUT2D eigenvalue weighted by atomic mass is 127. The van der Waals surface area contributed by atoms with Crippen molar-refractivity contribution in [1.29, 1.82) is 0 Å². The van der Waals surface area contributed by atoms with Crippen molar-refractivity contribution in [1.82, 2.24) is 20.5 Å². The molecule has 3 heterocycles. The van der Waals surface area contributed by atoms with E-state index in [9.17, 15) is 0 Å². The number of aliphatic imine (C=N–C) groups is 1. The highest BCUT2D eigenvalue weighted by Crippen LogP contribution is 2.20. The first-order chi connectivity index (χ1) is 13.1. The molecule has 0 radical (unpaired) electrons. The van der Waals surface area contributed by atoms with E-state index in [1.165, 1.54) is 29.1 Å². The molecule has 3 rings (SSSR count). The predicted molar refractivity (Wildman–Crippen MR) is 132 cm³/mol. The third-order valence-electron chi connectivity index (χ3n) is 4.91. The van der Waals surface area contributed by atoms with Gasteiger partial charge < -0.3 is 10.6 Å². The molecule has 0 bridgehead atoms. The molecule has 1 aliphatic rings. The van der Waals surface area contributed by atoms with Crippen LogP contribution in [0.1, 0.15) is 40.2 Å². The van der Waals surface area contributed by atoms with Gasteiger partial charge in [0, 0.05) is 35.9 Å². The van der Waals surface area contributed by atoms with E-state index in [0.717, 1.165) is 42.8 Å². The largest absolute Gasteiger partial charge is 0.357 e. The molecule has 0 aromatic carbocycles. The molecule has 1 saturated heterocycles. The Bertz CT molecular complexity index is 710. The zero-order valence-electron chi connectivity index (χ0n) is 17.0. The summed E-state index contributed by atoms with van der Waals surface area (Å²) in [4.78, 5) is 14.7. The molecule has 2 N–H and O–H groups in total. The van der Waals surface area contributed by atoms with Gasteiger partial charge in [0.2, 0.25) is 0 Å². The molecule has 0 saturated carbocycles. The van der Waals surface area contributed by atoms with Gasteiger partial charge >= 0.3 is 0 Å². The molecule has 1 aliphatic heterocycles. The quantitative estimate of drug-likeness (QED) is 0.315. The SMILES string of the molecule is CCNC(=NCc1nc(C)c(C)s1)NCC1CCCN(Cc2cccs2)C1.I. The van der Waals surface area contributed by atoms with Crippen LogP contribution in [0.25, 0.3) is 0 Å². The minimum atomic E-state index is 0. The number of aromatic nitrogens is 1. The second-order valence-corrected chi connectivity index (χ2v) is 9.47. The summed E-state index contributed by atoms with van der Waals surface area (Å²) in [5.41, 5.74) is 1.12. The summed E-state index contributed by atoms with van der Waals surface area (Å²) in [6, 6.07) is 4.39. The lowest BCUT2D eigenvalue weighted by Crippen LogP contribution is -2.44. The van der Waals surface area contributed by atoms with E-state index in [0.29, 0.717) is 12.5 Å². The lowest BCUT2D eigenvalue weighted by molar-refractivity contribution is 0.169. The number of halogens is 1. The number of rotatable bonds is 7. The van der Waals surface area contributed by atoms with E-state index in [4.69, 9.17) is 4.99 Å². The zero-order chi connectivity index (χ0) is 19.1. The Morgan fingerprint density at radius 1 is 1.36 bits per heavy atom. The second kappa shape index (κ2) is 12.1. The summed E-state index contributed by atoms with van der Waals surface area (Å²) in [6.07, 6.45) is 2.57. The number of aryl methyl sites for hydroxylation is 2. The van der Waals surface area contributed by atoms with E-state index < -0.39 is 0 Å². The van der Waals surface area contributed by atoms with Gasteiger partial charge in [0.25, 0.3) is 0 Å². The molecule has 0 aliphatic carbocycles. The average Bonchev–Trinajstić information content (AvgIpc) is 3.28. The maximum Gasteiger partial charge on any atom is 0.191 e. The molecular formula is C20H32IN5S2. The van der Waals surface area contributed by atoms with E-state index in [1.807, 2.05) is 11.3 Å². The third-order valence-corrected chi connectivity index (χ3v) is 6.83. The number of hydrogen-bond acceptors (Lipinski definition) is 5. The van der Waals surface area contributed by atoms with Gasteiger partial charge in [-0.15, -0.1) is 46.7 Å². The highest BCUT2D eigenvalue weighted by molar-refractivity contribution is 14.0. The number of guanidine groups is 1. The van der Waals surface area contributed by atoms with Crippen molar-refractivity contribution in [2.75, 3.05) is 26.2 Å². The van der Waals surface area contributed by atoms with E-state index in [2.05, 4.69) is 58.8 Å². The van der Waals surface area contributed by atoms with Crippen LogP contribution < -0.4 is 10.6 Å². The van der Waals surface area contributed by atoms with Crippen LogP contribution in [0.4, 0.5) is 0 Å². The number of thiophene rings is 1. The van der Waals surface area contributed by atoms with Crippen molar-refractivity contribution in [3.63, 3.8) is 0 Å². The van der Waals surface area contributed by atoms with Crippen molar-refractivity contribution < 1.29 is 0 Å². The normalized spacial score (nSPS) is 18.0. The van der Waals surface area contributed by atoms with Crippen molar-refractivity contribution in [3.05, 3.63) is 38.0 Å². The molecule has 0 spiro atoms. The summed E-state index contributed by atoms with van der Waals surface area (Å²) in [5, 5.41) is 10.2. The first kappa shape index (κ1) is 23.6. The van der Waals surface area contributed by atoms with Crippen LogP contribution in [-0.4, -0.2) is 42.0 Å². The Morgan fingerprint density at radius 2 is 2.21 bits per heavy atom. The molecule has 8 heteroatoms. The highest BCUT2D eigenvalue weighted by Gasteiger charge is 2.20. The lowest BCUT2D eigenvalue weighted by Gasteiger charge is -2.32. The van der Waals surface area contributed by atoms with Gasteiger partial charge in [-0.1, -0.05) is 6.07 Å². The maximum atomic E-state index is 4.73. The molecule has 28 heavy (non-hydrogen) atoms. The van der Waals surface area contributed by atoms with Crippen molar-refractivity contribution in [2.24, 2.45) is 10.9 Å². The lowest BCUT2D eigenvalue weighted by atomic mass is 9.98. The first-order valence-electron chi connectivity index (χ1n) is 9.84. The van der Waals surface area contributed by atoms with Crippen LogP contribution in [0.2, 0.25) is 0 Å². The number of hydrogen-bond donors (Lipinski definition) is 2. The van der Waals surface area contributed by atoms with Crippen LogP contribution in [-0.2, 0) is 13.1 Å². The van der Waals surface area contributed by atoms with E-state index in [-0.39, 0.29) is 24.0 Å². The third kappa shape index (κ3) is 7.27. The Morgan fingerprint density at radius 3 is 2.89 bits per heavy atom. The van der Waals surface area contributed by atoms with Gasteiger partial charge in [0.1, 0.15) is 5.01 Å². The average molecular weight is 534 g/mol. The van der Waals surface area contributed by atoms with Crippen LogP contribution in [0.15, 0.2) is 22.5 Å². The van der Waals surface area contributed by atoms with Gasteiger partial charge in [-0.25, -0.2) is 9.98 Å². The van der Waals surface area contributed by atoms with Crippen LogP contribution >= 0.6 is 46.7 Å². The molecule has 156 valence electrons. The molecular weight excluding hydrogens is 501 g/mol. The number of nitrogens with one attached hydrogen (secondary N) is 2. The maximum absolute atomic E-state index is 4.73. The van der Waals surface area contributed by atoms with Crippen LogP contribution in [0.5, 0.6) is 0 Å². The number of nitrogens with zero attached hydrogens (tertiary/aromatic N) is 3. The summed E-state index contributed by atoms with van der Waals surface area (Å²) < 4.78 is 0. The summed E-state index contributed by atoms with van der Waals surface area (Å²) in [6.45, 7) is 12.2. The number of thiazole rings is 1. The fourth-order valence-corrected chi connectivity index (χ4v) is 5.03. The molecule has 0 amide bonds. The summed E-state index contributed by atoms with van der Waals surface area (Å²) in [5.74, 6) is 1.57. The second-order valence-electron chi connectivity index (χ2n) is 7.15. The Labute approximate surface area is 194 Å². The molecule has 2 aromatic heterocycles. The Kier molecular flexibility index (Phi) is 10.2. The number of piperidine rings is 1. The fourth-order valence-electron chi connectivity index (χ4n) is 3.42. The summed E-state index contributed by atoms with van der Waals surface area (Å²) in [7, 11) is 0. The van der Waals surface area contributed by atoms with Crippen molar-refractivity contribution >= 4 is 52.6 Å². The summed E-state index contributed by atoms with van der Waals surface area (Å²) >= 11 is 3.60. The zero-order valence-corrected chi connectivity index (χ0v) is 21.0. The van der Waals surface area contributed by atoms with E-state index in [1.54, 1.807) is 11.3 Å². The van der Waals surface area contributed by atoms with Crippen molar-refractivity contribution in [2.45, 2.75) is 46.7 Å². The molecule has 1 fully saturated rings. The number of likely N-dealkylation sites (tertiary alicyclic amines) is 1. The van der Waals surface area contributed by atoms with Crippen LogP contribution in [0.3, 0.4) is 0 Å². The molecule has 1 unspecified atom stereocenters. The molecule has 2 aromatic rings. The Balaban J connectivity index is 0.00000280.